The van der Waals surface area contributed by atoms with Crippen LogP contribution in [0, 0.1) is 0 Å². The van der Waals surface area contributed by atoms with Crippen LogP contribution in [0.25, 0.3) is 0 Å². The van der Waals surface area contributed by atoms with Gasteiger partial charge < -0.3 is 11.1 Å². The van der Waals surface area contributed by atoms with E-state index in [1.165, 1.54) is 36.3 Å². The minimum absolute atomic E-state index is 0. The number of fused-ring (bicyclic) bond motifs is 1. The van der Waals surface area contributed by atoms with Gasteiger partial charge in [-0.1, -0.05) is 12.8 Å². The largest absolute Gasteiger partial charge is 0.327 e. The Morgan fingerprint density at radius 1 is 1.37 bits per heavy atom. The van der Waals surface area contributed by atoms with Gasteiger partial charge in [-0.15, -0.1) is 23.7 Å². The predicted molar refractivity (Wildman–Crippen MR) is 82.1 cm³/mol. The van der Waals surface area contributed by atoms with E-state index in [0.29, 0.717) is 6.42 Å². The van der Waals surface area contributed by atoms with Gasteiger partial charge in [-0.2, -0.15) is 0 Å². The van der Waals surface area contributed by atoms with Gasteiger partial charge >= 0.3 is 0 Å². The third kappa shape index (κ3) is 5.09. The molecule has 1 heterocycles. The average molecular weight is 304 g/mol. The Kier molecular flexibility index (Phi) is 6.75. The summed E-state index contributed by atoms with van der Waals surface area (Å²) in [4.78, 5) is 17.5. The molecule has 1 amide bonds. The highest BCUT2D eigenvalue weighted by Crippen LogP contribution is 2.28. The fourth-order valence-electron chi connectivity index (χ4n) is 2.22. The van der Waals surface area contributed by atoms with Crippen LogP contribution in [0.15, 0.2) is 0 Å². The molecular formula is C13H22ClN3OS. The van der Waals surface area contributed by atoms with E-state index in [0.717, 1.165) is 18.0 Å². The molecule has 1 aliphatic carbocycles. The van der Waals surface area contributed by atoms with E-state index in [2.05, 4.69) is 10.3 Å². The number of nitrogens with two attached hydrogens (primary N) is 1. The number of nitrogens with one attached hydrogen (secondary N) is 1. The van der Waals surface area contributed by atoms with Crippen LogP contribution in [0.4, 0.5) is 5.13 Å². The first-order valence-electron chi connectivity index (χ1n) is 6.69. The number of hydrogen-bond acceptors (Lipinski definition) is 4. The van der Waals surface area contributed by atoms with Crippen LogP contribution >= 0.6 is 23.7 Å². The van der Waals surface area contributed by atoms with Crippen molar-refractivity contribution in [3.8, 4) is 0 Å². The predicted octanol–water partition coefficient (Wildman–Crippen LogP) is 2.90. The molecule has 19 heavy (non-hydrogen) atoms. The van der Waals surface area contributed by atoms with Gasteiger partial charge in [-0.05, 0) is 32.6 Å². The van der Waals surface area contributed by atoms with Crippen LogP contribution in [0.5, 0.6) is 0 Å². The van der Waals surface area contributed by atoms with Gasteiger partial charge in [0.15, 0.2) is 5.13 Å². The Labute approximate surface area is 124 Å². The maximum atomic E-state index is 11.6. The lowest BCUT2D eigenvalue weighted by molar-refractivity contribution is -0.116. The van der Waals surface area contributed by atoms with Gasteiger partial charge in [0.1, 0.15) is 0 Å². The number of aryl methyl sites for hydroxylation is 2. The Hall–Kier alpha value is -0.650. The maximum Gasteiger partial charge on any atom is 0.227 e. The molecule has 2 rings (SSSR count). The van der Waals surface area contributed by atoms with Crippen molar-refractivity contribution in [2.75, 3.05) is 5.32 Å². The first kappa shape index (κ1) is 16.4. The molecule has 0 aromatic carbocycles. The molecule has 0 aliphatic heterocycles. The third-order valence-electron chi connectivity index (χ3n) is 3.10. The summed E-state index contributed by atoms with van der Waals surface area (Å²) in [5, 5.41) is 3.60. The lowest BCUT2D eigenvalue weighted by Crippen LogP contribution is -2.23. The summed E-state index contributed by atoms with van der Waals surface area (Å²) in [6.07, 6.45) is 7.56. The van der Waals surface area contributed by atoms with Crippen LogP contribution in [0.3, 0.4) is 0 Å². The highest BCUT2D eigenvalue weighted by Gasteiger charge is 2.15. The summed E-state index contributed by atoms with van der Waals surface area (Å²) in [5.74, 6) is -0.0354. The molecule has 0 fully saturated rings. The smallest absolute Gasteiger partial charge is 0.227 e. The number of amides is 1. The molecule has 0 bridgehead atoms. The zero-order chi connectivity index (χ0) is 13.0. The number of nitrogens with zero attached hydrogens (tertiary/aromatic N) is 1. The van der Waals surface area contributed by atoms with Crippen LogP contribution in [0.1, 0.15) is 49.6 Å². The van der Waals surface area contributed by atoms with Crippen molar-refractivity contribution in [3.05, 3.63) is 10.6 Å². The molecule has 1 aromatic heterocycles. The van der Waals surface area contributed by atoms with E-state index < -0.39 is 0 Å². The Morgan fingerprint density at radius 2 is 2.05 bits per heavy atom. The van der Waals surface area contributed by atoms with E-state index in [-0.39, 0.29) is 24.4 Å². The molecule has 0 radical (unpaired) electrons. The number of carbonyl (C=O) groups excluding carboxylic acids is 1. The number of carbonyl (C=O) groups is 1. The zero-order valence-corrected chi connectivity index (χ0v) is 12.9. The van der Waals surface area contributed by atoms with Crippen molar-refractivity contribution in [2.24, 2.45) is 5.73 Å². The van der Waals surface area contributed by atoms with Gasteiger partial charge in [-0.25, -0.2) is 4.98 Å². The Bertz CT molecular complexity index is 395. The molecule has 108 valence electrons. The molecule has 1 aromatic rings. The highest BCUT2D eigenvalue weighted by atomic mass is 35.5. The quantitative estimate of drug-likeness (QED) is 0.902. The second kappa shape index (κ2) is 7.82. The van der Waals surface area contributed by atoms with E-state index in [1.54, 1.807) is 11.3 Å². The van der Waals surface area contributed by atoms with Crippen molar-refractivity contribution in [2.45, 2.75) is 57.9 Å². The fourth-order valence-corrected chi connectivity index (χ4v) is 3.29. The molecular weight excluding hydrogens is 282 g/mol. The van der Waals surface area contributed by atoms with Crippen molar-refractivity contribution >= 4 is 34.8 Å². The van der Waals surface area contributed by atoms with Crippen molar-refractivity contribution in [1.82, 2.24) is 4.98 Å². The van der Waals surface area contributed by atoms with Crippen LogP contribution in [-0.2, 0) is 17.6 Å². The summed E-state index contributed by atoms with van der Waals surface area (Å²) < 4.78 is 0. The molecule has 3 N–H and O–H groups in total. The Morgan fingerprint density at radius 3 is 2.74 bits per heavy atom. The molecule has 0 spiro atoms. The molecule has 1 unspecified atom stereocenters. The lowest BCUT2D eigenvalue weighted by Gasteiger charge is -2.06. The average Bonchev–Trinajstić information content (AvgIpc) is 2.58. The van der Waals surface area contributed by atoms with Crippen LogP contribution < -0.4 is 11.1 Å². The summed E-state index contributed by atoms with van der Waals surface area (Å²) >= 11 is 1.63. The van der Waals surface area contributed by atoms with Gasteiger partial charge in [0.2, 0.25) is 5.91 Å². The number of aromatic nitrogens is 1. The third-order valence-corrected chi connectivity index (χ3v) is 4.17. The second-order valence-corrected chi connectivity index (χ2v) is 6.12. The van der Waals surface area contributed by atoms with Crippen LogP contribution in [0.2, 0.25) is 0 Å². The number of thiazole rings is 1. The summed E-state index contributed by atoms with van der Waals surface area (Å²) in [7, 11) is 0. The fraction of sp³-hybridized carbons (Fsp3) is 0.692. The van der Waals surface area contributed by atoms with Gasteiger partial charge in [-0.3, -0.25) is 4.79 Å². The summed E-state index contributed by atoms with van der Waals surface area (Å²) in [6, 6.07) is -0.106. The van der Waals surface area contributed by atoms with Gasteiger partial charge in [0, 0.05) is 17.3 Å². The first-order valence-corrected chi connectivity index (χ1v) is 7.51. The number of anilines is 1. The minimum atomic E-state index is -0.106. The molecule has 4 nitrogen and oxygen atoms in total. The second-order valence-electron chi connectivity index (χ2n) is 5.03. The standard InChI is InChI=1S/C13H21N3OS.ClH/c1-9(14)8-12(17)16-13-15-10-6-4-2-3-5-7-11(10)18-13;/h9H,2-8,14H2,1H3,(H,15,16,17);1H. The van der Waals surface area contributed by atoms with E-state index in [4.69, 9.17) is 5.73 Å². The van der Waals surface area contributed by atoms with E-state index in [1.807, 2.05) is 6.92 Å². The van der Waals surface area contributed by atoms with Crippen molar-refractivity contribution in [3.63, 3.8) is 0 Å². The lowest BCUT2D eigenvalue weighted by atomic mass is 10.0. The molecule has 1 aliphatic rings. The first-order chi connectivity index (χ1) is 8.65. The van der Waals surface area contributed by atoms with Gasteiger partial charge in [0.05, 0.1) is 5.69 Å². The number of hydrogen-bond donors (Lipinski definition) is 2. The number of halogens is 1. The van der Waals surface area contributed by atoms with E-state index >= 15 is 0 Å². The van der Waals surface area contributed by atoms with Crippen LogP contribution in [-0.4, -0.2) is 16.9 Å². The number of rotatable bonds is 3. The molecule has 0 saturated heterocycles. The summed E-state index contributed by atoms with van der Waals surface area (Å²) in [6.45, 7) is 1.83. The monoisotopic (exact) mass is 303 g/mol. The van der Waals surface area contributed by atoms with Gasteiger partial charge in [0.25, 0.3) is 0 Å². The maximum absolute atomic E-state index is 11.6. The van der Waals surface area contributed by atoms with Crippen molar-refractivity contribution < 1.29 is 4.79 Å². The summed E-state index contributed by atoms with van der Waals surface area (Å²) in [5.41, 5.74) is 6.80. The zero-order valence-electron chi connectivity index (χ0n) is 11.3. The van der Waals surface area contributed by atoms with Crippen molar-refractivity contribution in [1.29, 1.82) is 0 Å². The normalized spacial score (nSPS) is 16.5. The highest BCUT2D eigenvalue weighted by molar-refractivity contribution is 7.15. The minimum Gasteiger partial charge on any atom is -0.327 e. The Balaban J connectivity index is 0.00000180. The SMILES string of the molecule is CC(N)CC(=O)Nc1nc2c(s1)CCCCCC2.Cl. The molecule has 1 atom stereocenters. The van der Waals surface area contributed by atoms with E-state index in [9.17, 15) is 4.79 Å². The molecule has 0 saturated carbocycles. The topological polar surface area (TPSA) is 68.0 Å². The molecule has 6 heteroatoms.